The predicted molar refractivity (Wildman–Crippen MR) is 49.2 cm³/mol. The largest absolute Gasteiger partial charge is 0.506 e. The molecular formula is C7H7ClN2O3. The third kappa shape index (κ3) is 2.16. The number of hydrogen-bond acceptors (Lipinski definition) is 3. The maximum absolute atomic E-state index is 10.2. The maximum Gasteiger partial charge on any atom is 0.409 e. The zero-order chi connectivity index (χ0) is 10.0. The van der Waals surface area contributed by atoms with Gasteiger partial charge in [-0.3, -0.25) is 5.32 Å². The average molecular weight is 203 g/mol. The molecule has 5 nitrogen and oxygen atoms in total. The summed E-state index contributed by atoms with van der Waals surface area (Å²) in [6, 6.07) is 2.41. The van der Waals surface area contributed by atoms with E-state index in [0.717, 1.165) is 0 Å². The Morgan fingerprint density at radius 1 is 1.54 bits per heavy atom. The zero-order valence-electron chi connectivity index (χ0n) is 6.41. The van der Waals surface area contributed by atoms with Gasteiger partial charge in [-0.2, -0.15) is 0 Å². The van der Waals surface area contributed by atoms with E-state index in [2.05, 4.69) is 0 Å². The Hall–Kier alpha value is -1.62. The van der Waals surface area contributed by atoms with Gasteiger partial charge in [0.05, 0.1) is 16.4 Å². The highest BCUT2D eigenvalue weighted by Crippen LogP contribution is 2.31. The van der Waals surface area contributed by atoms with Crippen LogP contribution in [0.25, 0.3) is 0 Å². The minimum absolute atomic E-state index is 0.00620. The first-order valence-electron chi connectivity index (χ1n) is 3.28. The van der Waals surface area contributed by atoms with Gasteiger partial charge in [-0.1, -0.05) is 11.6 Å². The van der Waals surface area contributed by atoms with Crippen molar-refractivity contribution < 1.29 is 15.0 Å². The van der Waals surface area contributed by atoms with Crippen LogP contribution in [0.4, 0.5) is 16.2 Å². The van der Waals surface area contributed by atoms with Gasteiger partial charge in [-0.05, 0) is 6.07 Å². The number of rotatable bonds is 1. The van der Waals surface area contributed by atoms with Crippen molar-refractivity contribution in [3.63, 3.8) is 0 Å². The molecule has 70 valence electrons. The Labute approximate surface area is 78.7 Å². The molecule has 0 unspecified atom stereocenters. The Morgan fingerprint density at radius 2 is 2.15 bits per heavy atom. The van der Waals surface area contributed by atoms with E-state index in [0.29, 0.717) is 0 Å². The third-order valence-corrected chi connectivity index (χ3v) is 1.68. The van der Waals surface area contributed by atoms with Crippen molar-refractivity contribution >= 4 is 29.1 Å². The zero-order valence-corrected chi connectivity index (χ0v) is 7.17. The highest BCUT2D eigenvalue weighted by atomic mass is 35.5. The number of nitrogens with two attached hydrogens (primary N) is 1. The molecule has 5 N–H and O–H groups in total. The SMILES string of the molecule is Nc1cc(O)c(NC(=O)O)cc1Cl. The fourth-order valence-corrected chi connectivity index (χ4v) is 0.957. The van der Waals surface area contributed by atoms with Crippen LogP contribution in [0.2, 0.25) is 5.02 Å². The maximum atomic E-state index is 10.2. The summed E-state index contributed by atoms with van der Waals surface area (Å²) in [6.07, 6.45) is -1.28. The molecule has 1 amide bonds. The van der Waals surface area contributed by atoms with E-state index in [1.54, 1.807) is 0 Å². The second kappa shape index (κ2) is 3.40. The predicted octanol–water partition coefficient (Wildman–Crippen LogP) is 1.72. The monoisotopic (exact) mass is 202 g/mol. The fraction of sp³-hybridized carbons (Fsp3) is 0. The number of phenolic OH excluding ortho intramolecular Hbond substituents is 1. The lowest BCUT2D eigenvalue weighted by molar-refractivity contribution is 0.209. The molecule has 0 radical (unpaired) electrons. The lowest BCUT2D eigenvalue weighted by Gasteiger charge is -2.05. The summed E-state index contributed by atoms with van der Waals surface area (Å²) in [5.74, 6) is -0.260. The number of halogens is 1. The van der Waals surface area contributed by atoms with Gasteiger partial charge in [0.2, 0.25) is 0 Å². The van der Waals surface area contributed by atoms with Crippen LogP contribution in [0.15, 0.2) is 12.1 Å². The summed E-state index contributed by atoms with van der Waals surface area (Å²) in [5.41, 5.74) is 5.55. The summed E-state index contributed by atoms with van der Waals surface area (Å²) in [6.45, 7) is 0. The van der Waals surface area contributed by atoms with Gasteiger partial charge in [0, 0.05) is 6.07 Å². The van der Waals surface area contributed by atoms with Crippen molar-refractivity contribution in [2.75, 3.05) is 11.1 Å². The van der Waals surface area contributed by atoms with Crippen LogP contribution >= 0.6 is 11.6 Å². The quantitative estimate of drug-likeness (QED) is 0.412. The number of carboxylic acid groups (broad SMARTS) is 1. The molecule has 1 aromatic rings. The van der Waals surface area contributed by atoms with E-state index in [4.69, 9.17) is 22.4 Å². The van der Waals surface area contributed by atoms with Crippen molar-refractivity contribution in [3.8, 4) is 5.75 Å². The van der Waals surface area contributed by atoms with E-state index in [9.17, 15) is 9.90 Å². The summed E-state index contributed by atoms with van der Waals surface area (Å²) >= 11 is 5.60. The Balaban J connectivity index is 3.08. The van der Waals surface area contributed by atoms with E-state index in [-0.39, 0.29) is 22.1 Å². The molecule has 0 atom stereocenters. The minimum atomic E-state index is -1.28. The van der Waals surface area contributed by atoms with Crippen LogP contribution in [0.3, 0.4) is 0 Å². The van der Waals surface area contributed by atoms with Gasteiger partial charge in [0.1, 0.15) is 5.75 Å². The second-order valence-corrected chi connectivity index (χ2v) is 2.73. The molecular weight excluding hydrogens is 196 g/mol. The average Bonchev–Trinajstić information content (AvgIpc) is 1.99. The molecule has 0 spiro atoms. The highest BCUT2D eigenvalue weighted by molar-refractivity contribution is 6.33. The van der Waals surface area contributed by atoms with Crippen LogP contribution in [-0.2, 0) is 0 Å². The molecule has 1 rings (SSSR count). The number of carbonyl (C=O) groups is 1. The van der Waals surface area contributed by atoms with Gasteiger partial charge in [-0.15, -0.1) is 0 Å². The topological polar surface area (TPSA) is 95.6 Å². The molecule has 0 aromatic heterocycles. The summed E-state index contributed by atoms with van der Waals surface area (Å²) in [7, 11) is 0. The van der Waals surface area contributed by atoms with Gasteiger partial charge in [0.15, 0.2) is 0 Å². The number of amides is 1. The first kappa shape index (κ1) is 9.47. The number of aromatic hydroxyl groups is 1. The van der Waals surface area contributed by atoms with Crippen molar-refractivity contribution in [2.45, 2.75) is 0 Å². The molecule has 0 heterocycles. The normalized spacial score (nSPS) is 9.62. The van der Waals surface area contributed by atoms with Gasteiger partial charge < -0.3 is 15.9 Å². The van der Waals surface area contributed by atoms with Crippen molar-refractivity contribution in [1.29, 1.82) is 0 Å². The number of nitrogen functional groups attached to an aromatic ring is 1. The number of phenols is 1. The summed E-state index contributed by atoms with van der Waals surface area (Å²) in [4.78, 5) is 10.2. The van der Waals surface area contributed by atoms with Crippen molar-refractivity contribution in [1.82, 2.24) is 0 Å². The summed E-state index contributed by atoms with van der Waals surface area (Å²) in [5, 5.41) is 19.7. The molecule has 0 bridgehead atoms. The summed E-state index contributed by atoms with van der Waals surface area (Å²) < 4.78 is 0. The van der Waals surface area contributed by atoms with Gasteiger partial charge in [-0.25, -0.2) is 4.79 Å². The first-order valence-corrected chi connectivity index (χ1v) is 3.66. The molecule has 0 fully saturated rings. The van der Waals surface area contributed by atoms with Gasteiger partial charge >= 0.3 is 6.09 Å². The molecule has 1 aromatic carbocycles. The number of benzene rings is 1. The van der Waals surface area contributed by atoms with Crippen LogP contribution in [-0.4, -0.2) is 16.3 Å². The minimum Gasteiger partial charge on any atom is -0.506 e. The number of anilines is 2. The van der Waals surface area contributed by atoms with Crippen molar-refractivity contribution in [2.24, 2.45) is 0 Å². The molecule has 6 heteroatoms. The van der Waals surface area contributed by atoms with E-state index in [1.807, 2.05) is 5.32 Å². The Kier molecular flexibility index (Phi) is 2.48. The van der Waals surface area contributed by atoms with E-state index in [1.165, 1.54) is 12.1 Å². The fourth-order valence-electron chi connectivity index (χ4n) is 0.793. The van der Waals surface area contributed by atoms with E-state index < -0.39 is 6.09 Å². The Bertz CT molecular complexity index is 354. The third-order valence-electron chi connectivity index (χ3n) is 1.36. The smallest absolute Gasteiger partial charge is 0.409 e. The molecule has 13 heavy (non-hydrogen) atoms. The lowest BCUT2D eigenvalue weighted by Crippen LogP contribution is -2.07. The van der Waals surface area contributed by atoms with Crippen LogP contribution in [0.1, 0.15) is 0 Å². The molecule has 0 saturated carbocycles. The molecule has 0 saturated heterocycles. The van der Waals surface area contributed by atoms with Crippen molar-refractivity contribution in [3.05, 3.63) is 17.2 Å². The van der Waals surface area contributed by atoms with Crippen LogP contribution in [0.5, 0.6) is 5.75 Å². The van der Waals surface area contributed by atoms with E-state index >= 15 is 0 Å². The Morgan fingerprint density at radius 3 is 2.69 bits per heavy atom. The lowest BCUT2D eigenvalue weighted by atomic mass is 10.2. The molecule has 0 aliphatic rings. The standard InChI is InChI=1S/C7H7ClN2O3/c8-3-1-5(10-7(12)13)6(11)2-4(3)9/h1-2,10-11H,9H2,(H,12,13). The van der Waals surface area contributed by atoms with Crippen LogP contribution in [0, 0.1) is 0 Å². The highest BCUT2D eigenvalue weighted by Gasteiger charge is 2.07. The van der Waals surface area contributed by atoms with Gasteiger partial charge in [0.25, 0.3) is 0 Å². The molecule has 0 aliphatic heterocycles. The first-order chi connectivity index (χ1) is 6.00. The number of nitrogens with one attached hydrogen (secondary N) is 1. The second-order valence-electron chi connectivity index (χ2n) is 2.32. The molecule has 0 aliphatic carbocycles. The number of hydrogen-bond donors (Lipinski definition) is 4. The van der Waals surface area contributed by atoms with Crippen LogP contribution < -0.4 is 11.1 Å².